The average molecular weight is 183 g/mol. The first kappa shape index (κ1) is 10.1. The lowest BCUT2D eigenvalue weighted by Gasteiger charge is -2.26. The summed E-state index contributed by atoms with van der Waals surface area (Å²) in [6.07, 6.45) is 6.56. The molecule has 0 aromatic heterocycles. The second-order valence-corrected chi connectivity index (χ2v) is 3.60. The molecule has 0 unspecified atom stereocenters. The molecule has 0 aliphatic heterocycles. The van der Waals surface area contributed by atoms with Gasteiger partial charge in [-0.25, -0.2) is 4.79 Å². The van der Waals surface area contributed by atoms with Crippen LogP contribution in [0.1, 0.15) is 32.1 Å². The fourth-order valence-corrected chi connectivity index (χ4v) is 1.89. The van der Waals surface area contributed by atoms with Crippen molar-refractivity contribution in [2.75, 3.05) is 0 Å². The van der Waals surface area contributed by atoms with Gasteiger partial charge >= 0.3 is 6.09 Å². The fraction of sp³-hybridized carbons (Fsp3) is 0.700. The Balaban J connectivity index is 2.22. The van der Waals surface area contributed by atoms with E-state index in [1.807, 2.05) is 6.08 Å². The molecule has 1 fully saturated rings. The van der Waals surface area contributed by atoms with Gasteiger partial charge in [0.05, 0.1) is 0 Å². The lowest BCUT2D eigenvalue weighted by molar-refractivity contribution is 0.0714. The predicted octanol–water partition coefficient (Wildman–Crippen LogP) is 2.22. The van der Waals surface area contributed by atoms with Crippen molar-refractivity contribution in [3.05, 3.63) is 12.7 Å². The first-order chi connectivity index (χ1) is 6.22. The maximum atomic E-state index is 10.5. The van der Waals surface area contributed by atoms with Crippen molar-refractivity contribution >= 4 is 6.09 Å². The molecule has 2 N–H and O–H groups in total. The summed E-state index contributed by atoms with van der Waals surface area (Å²) in [6.45, 7) is 3.72. The smallest absolute Gasteiger partial charge is 0.404 e. The predicted molar refractivity (Wildman–Crippen MR) is 51.2 cm³/mol. The van der Waals surface area contributed by atoms with Gasteiger partial charge < -0.3 is 10.5 Å². The van der Waals surface area contributed by atoms with Gasteiger partial charge in [-0.15, -0.1) is 6.58 Å². The van der Waals surface area contributed by atoms with Crippen LogP contribution in [0.25, 0.3) is 0 Å². The third-order valence-corrected chi connectivity index (χ3v) is 2.58. The number of ether oxygens (including phenoxy) is 1. The van der Waals surface area contributed by atoms with Crippen molar-refractivity contribution < 1.29 is 9.53 Å². The van der Waals surface area contributed by atoms with Crippen LogP contribution in [0, 0.1) is 5.92 Å². The molecule has 0 radical (unpaired) electrons. The summed E-state index contributed by atoms with van der Waals surface area (Å²) in [4.78, 5) is 10.5. The molecule has 3 nitrogen and oxygen atoms in total. The van der Waals surface area contributed by atoms with E-state index in [1.165, 1.54) is 0 Å². The zero-order valence-electron chi connectivity index (χ0n) is 7.87. The van der Waals surface area contributed by atoms with Crippen molar-refractivity contribution in [3.8, 4) is 0 Å². The zero-order valence-corrected chi connectivity index (χ0v) is 7.87. The Morgan fingerprint density at radius 3 is 2.54 bits per heavy atom. The molecule has 13 heavy (non-hydrogen) atoms. The minimum absolute atomic E-state index is 0.0542. The van der Waals surface area contributed by atoms with E-state index >= 15 is 0 Å². The maximum absolute atomic E-state index is 10.5. The van der Waals surface area contributed by atoms with Gasteiger partial charge in [-0.2, -0.15) is 0 Å². The van der Waals surface area contributed by atoms with Crippen molar-refractivity contribution in [3.63, 3.8) is 0 Å². The summed E-state index contributed by atoms with van der Waals surface area (Å²) in [7, 11) is 0. The number of carbonyl (C=O) groups is 1. The van der Waals surface area contributed by atoms with Gasteiger partial charge in [-0.05, 0) is 38.0 Å². The first-order valence-electron chi connectivity index (χ1n) is 4.79. The highest BCUT2D eigenvalue weighted by Crippen LogP contribution is 2.28. The molecular formula is C10H17NO2. The van der Waals surface area contributed by atoms with Crippen LogP contribution in [0.15, 0.2) is 12.7 Å². The number of hydrogen-bond acceptors (Lipinski definition) is 2. The van der Waals surface area contributed by atoms with E-state index in [4.69, 9.17) is 10.5 Å². The number of rotatable bonds is 3. The summed E-state index contributed by atoms with van der Waals surface area (Å²) < 4.78 is 4.93. The van der Waals surface area contributed by atoms with Crippen LogP contribution in [0.4, 0.5) is 4.79 Å². The number of nitrogens with two attached hydrogens (primary N) is 1. The van der Waals surface area contributed by atoms with Gasteiger partial charge in [-0.3, -0.25) is 0 Å². The van der Waals surface area contributed by atoms with E-state index in [2.05, 4.69) is 6.58 Å². The Kier molecular flexibility index (Phi) is 3.80. The molecule has 3 heteroatoms. The summed E-state index contributed by atoms with van der Waals surface area (Å²) >= 11 is 0. The fourth-order valence-electron chi connectivity index (χ4n) is 1.89. The number of amides is 1. The average Bonchev–Trinajstić information content (AvgIpc) is 2.08. The lowest BCUT2D eigenvalue weighted by atomic mass is 9.85. The van der Waals surface area contributed by atoms with Gasteiger partial charge in [0, 0.05) is 0 Å². The Morgan fingerprint density at radius 1 is 1.46 bits per heavy atom. The monoisotopic (exact) mass is 183 g/mol. The Bertz CT molecular complexity index is 183. The van der Waals surface area contributed by atoms with Gasteiger partial charge in [0.25, 0.3) is 0 Å². The van der Waals surface area contributed by atoms with Crippen LogP contribution < -0.4 is 5.73 Å². The van der Waals surface area contributed by atoms with Gasteiger partial charge in [-0.1, -0.05) is 6.08 Å². The van der Waals surface area contributed by atoms with Gasteiger partial charge in [0.1, 0.15) is 6.10 Å². The molecule has 0 aromatic carbocycles. The van der Waals surface area contributed by atoms with E-state index < -0.39 is 6.09 Å². The minimum Gasteiger partial charge on any atom is -0.446 e. The SMILES string of the molecule is C=CCC1CCC(OC(N)=O)CC1. The molecule has 1 rings (SSSR count). The number of primary amides is 1. The quantitative estimate of drug-likeness (QED) is 0.682. The lowest BCUT2D eigenvalue weighted by Crippen LogP contribution is -2.27. The van der Waals surface area contributed by atoms with E-state index in [1.54, 1.807) is 0 Å². The third-order valence-electron chi connectivity index (χ3n) is 2.58. The van der Waals surface area contributed by atoms with Crippen molar-refractivity contribution in [2.45, 2.75) is 38.2 Å². The van der Waals surface area contributed by atoms with E-state index in [-0.39, 0.29) is 6.10 Å². The Labute approximate surface area is 78.9 Å². The second kappa shape index (κ2) is 4.90. The van der Waals surface area contributed by atoms with Crippen LogP contribution in [0.3, 0.4) is 0 Å². The van der Waals surface area contributed by atoms with E-state index in [0.29, 0.717) is 0 Å². The molecule has 1 aliphatic carbocycles. The summed E-state index contributed by atoms with van der Waals surface area (Å²) in [5.74, 6) is 0.727. The number of hydrogen-bond donors (Lipinski definition) is 1. The van der Waals surface area contributed by atoms with Crippen molar-refractivity contribution in [2.24, 2.45) is 11.7 Å². The normalized spacial score (nSPS) is 28.0. The topological polar surface area (TPSA) is 52.3 Å². The highest BCUT2D eigenvalue weighted by Gasteiger charge is 2.22. The summed E-state index contributed by atoms with van der Waals surface area (Å²) in [5, 5.41) is 0. The molecule has 0 atom stereocenters. The number of allylic oxidation sites excluding steroid dienone is 1. The van der Waals surface area contributed by atoms with Crippen LogP contribution in [-0.2, 0) is 4.74 Å². The highest BCUT2D eigenvalue weighted by atomic mass is 16.6. The molecule has 0 saturated heterocycles. The summed E-state index contributed by atoms with van der Waals surface area (Å²) in [5.41, 5.74) is 4.94. The van der Waals surface area contributed by atoms with Crippen LogP contribution in [-0.4, -0.2) is 12.2 Å². The first-order valence-corrected chi connectivity index (χ1v) is 4.79. The molecule has 0 spiro atoms. The highest BCUT2D eigenvalue weighted by molar-refractivity contribution is 5.64. The second-order valence-electron chi connectivity index (χ2n) is 3.60. The molecule has 1 saturated carbocycles. The van der Waals surface area contributed by atoms with Crippen molar-refractivity contribution in [1.82, 2.24) is 0 Å². The summed E-state index contributed by atoms with van der Waals surface area (Å²) in [6, 6.07) is 0. The molecule has 0 heterocycles. The third kappa shape index (κ3) is 3.49. The maximum Gasteiger partial charge on any atom is 0.404 e. The molecule has 1 aliphatic rings. The number of carbonyl (C=O) groups excluding carboxylic acids is 1. The largest absolute Gasteiger partial charge is 0.446 e. The molecule has 1 amide bonds. The molecule has 74 valence electrons. The standard InChI is InChI=1S/C10H17NO2/c1-2-3-8-4-6-9(7-5-8)13-10(11)12/h2,8-9H,1,3-7H2,(H2,11,12). The Morgan fingerprint density at radius 2 is 2.08 bits per heavy atom. The minimum atomic E-state index is -0.646. The van der Waals surface area contributed by atoms with Gasteiger partial charge in [0.2, 0.25) is 0 Å². The molecule has 0 aromatic rings. The van der Waals surface area contributed by atoms with Crippen LogP contribution in [0.2, 0.25) is 0 Å². The van der Waals surface area contributed by atoms with Crippen molar-refractivity contribution in [1.29, 1.82) is 0 Å². The van der Waals surface area contributed by atoms with Gasteiger partial charge in [0.15, 0.2) is 0 Å². The zero-order chi connectivity index (χ0) is 9.68. The Hall–Kier alpha value is -0.990. The van der Waals surface area contributed by atoms with E-state index in [0.717, 1.165) is 38.0 Å². The molecule has 0 bridgehead atoms. The van der Waals surface area contributed by atoms with Crippen LogP contribution >= 0.6 is 0 Å². The van der Waals surface area contributed by atoms with Crippen LogP contribution in [0.5, 0.6) is 0 Å². The van der Waals surface area contributed by atoms with E-state index in [9.17, 15) is 4.79 Å². The molecular weight excluding hydrogens is 166 g/mol.